The highest BCUT2D eigenvalue weighted by atomic mass is 32.1. The molecule has 2 amide bonds. The van der Waals surface area contributed by atoms with Gasteiger partial charge in [0.05, 0.1) is 17.8 Å². The minimum absolute atomic E-state index is 0.00172. The largest absolute Gasteiger partial charge is 0.330 e. The summed E-state index contributed by atoms with van der Waals surface area (Å²) in [7, 11) is 0. The zero-order chi connectivity index (χ0) is 14.7. The Labute approximate surface area is 128 Å². The molecule has 1 saturated heterocycles. The number of rotatable bonds is 3. The first-order valence-electron chi connectivity index (χ1n) is 7.26. The summed E-state index contributed by atoms with van der Waals surface area (Å²) < 4.78 is 0. The van der Waals surface area contributed by atoms with Crippen LogP contribution < -0.4 is 5.32 Å². The molecule has 1 N–H and O–H groups in total. The molecule has 0 aliphatic carbocycles. The second-order valence-electron chi connectivity index (χ2n) is 5.33. The van der Waals surface area contributed by atoms with E-state index < -0.39 is 0 Å². The van der Waals surface area contributed by atoms with Gasteiger partial charge in [-0.2, -0.15) is 11.3 Å². The second-order valence-corrected chi connectivity index (χ2v) is 6.11. The fourth-order valence-electron chi connectivity index (χ4n) is 2.80. The molecule has 1 fully saturated rings. The van der Waals surface area contributed by atoms with Gasteiger partial charge in [-0.15, -0.1) is 0 Å². The number of carbonyl (C=O) groups is 1. The summed E-state index contributed by atoms with van der Waals surface area (Å²) >= 11 is 1.68. The topological polar surface area (TPSA) is 45.2 Å². The number of likely N-dealkylation sites (tertiary alicyclic amines) is 1. The van der Waals surface area contributed by atoms with Crippen LogP contribution in [0.25, 0.3) is 0 Å². The van der Waals surface area contributed by atoms with Gasteiger partial charge >= 0.3 is 6.03 Å². The lowest BCUT2D eigenvalue weighted by Crippen LogP contribution is -2.40. The van der Waals surface area contributed by atoms with Gasteiger partial charge in [-0.25, -0.2) is 4.79 Å². The van der Waals surface area contributed by atoms with Crippen LogP contribution in [0.3, 0.4) is 0 Å². The summed E-state index contributed by atoms with van der Waals surface area (Å²) in [5.74, 6) is 0. The van der Waals surface area contributed by atoms with E-state index in [1.54, 1.807) is 17.5 Å². The van der Waals surface area contributed by atoms with E-state index in [2.05, 4.69) is 27.1 Å². The number of hydrogen-bond acceptors (Lipinski definition) is 3. The molecule has 21 heavy (non-hydrogen) atoms. The number of carbonyl (C=O) groups excluding carboxylic acids is 1. The van der Waals surface area contributed by atoms with Crippen molar-refractivity contribution in [3.63, 3.8) is 0 Å². The molecule has 4 nitrogen and oxygen atoms in total. The first-order valence-corrected chi connectivity index (χ1v) is 8.20. The van der Waals surface area contributed by atoms with Crippen LogP contribution in [-0.4, -0.2) is 22.5 Å². The minimum Gasteiger partial charge on any atom is -0.330 e. The molecule has 0 bridgehead atoms. The molecule has 3 heterocycles. The smallest absolute Gasteiger partial charge is 0.318 e. The van der Waals surface area contributed by atoms with Gasteiger partial charge in [0, 0.05) is 12.7 Å². The Hall–Kier alpha value is -1.88. The maximum Gasteiger partial charge on any atom is 0.318 e. The van der Waals surface area contributed by atoms with Crippen LogP contribution in [0.1, 0.15) is 43.1 Å². The molecule has 0 unspecified atom stereocenters. The molecule has 0 aromatic carbocycles. The molecule has 0 spiro atoms. The molecule has 0 radical (unpaired) electrons. The lowest BCUT2D eigenvalue weighted by Gasteiger charge is -2.26. The van der Waals surface area contributed by atoms with E-state index in [4.69, 9.17) is 0 Å². The van der Waals surface area contributed by atoms with E-state index in [0.717, 1.165) is 25.1 Å². The van der Waals surface area contributed by atoms with E-state index >= 15 is 0 Å². The van der Waals surface area contributed by atoms with Gasteiger partial charge in [0.25, 0.3) is 0 Å². The van der Waals surface area contributed by atoms with Gasteiger partial charge in [-0.1, -0.05) is 6.07 Å². The molecule has 3 rings (SSSR count). The van der Waals surface area contributed by atoms with Gasteiger partial charge in [0.15, 0.2) is 0 Å². The summed E-state index contributed by atoms with van der Waals surface area (Å²) in [5.41, 5.74) is 2.13. The Morgan fingerprint density at radius 1 is 1.48 bits per heavy atom. The normalized spacial score (nSPS) is 19.5. The minimum atomic E-state index is -0.0811. The number of amides is 2. The third kappa shape index (κ3) is 3.08. The first kappa shape index (κ1) is 14.1. The van der Waals surface area contributed by atoms with Crippen molar-refractivity contribution in [1.29, 1.82) is 0 Å². The molecular formula is C16H19N3OS. The molecule has 5 heteroatoms. The van der Waals surface area contributed by atoms with E-state index in [-0.39, 0.29) is 18.1 Å². The quantitative estimate of drug-likeness (QED) is 0.938. The Morgan fingerprint density at radius 3 is 3.10 bits per heavy atom. The molecular weight excluding hydrogens is 282 g/mol. The number of hydrogen-bond donors (Lipinski definition) is 1. The number of thiophene rings is 1. The zero-order valence-electron chi connectivity index (χ0n) is 12.0. The van der Waals surface area contributed by atoms with Crippen molar-refractivity contribution in [3.05, 3.63) is 52.5 Å². The Kier molecular flexibility index (Phi) is 4.20. The Balaban J connectivity index is 1.67. The first-order chi connectivity index (χ1) is 10.3. The number of aromatic nitrogens is 1. The van der Waals surface area contributed by atoms with Gasteiger partial charge in [0.1, 0.15) is 0 Å². The standard InChI is InChI=1S/C16H19N3OS/c1-12(14-5-2-3-8-17-14)18-16(20)19-9-4-6-15(19)13-7-10-21-11-13/h2-3,5,7-8,10-12,15H,4,6,9H2,1H3,(H,18,20)/t12-,15-/m1/s1. The summed E-state index contributed by atoms with van der Waals surface area (Å²) in [6.45, 7) is 2.79. The van der Waals surface area contributed by atoms with Crippen LogP contribution in [0.4, 0.5) is 4.79 Å². The van der Waals surface area contributed by atoms with Crippen molar-refractivity contribution in [1.82, 2.24) is 15.2 Å². The summed E-state index contributed by atoms with van der Waals surface area (Å²) in [4.78, 5) is 18.8. The summed E-state index contributed by atoms with van der Waals surface area (Å²) in [6.07, 6.45) is 3.86. The van der Waals surface area contributed by atoms with Crippen LogP contribution in [0, 0.1) is 0 Å². The lowest BCUT2D eigenvalue weighted by atomic mass is 10.1. The fourth-order valence-corrected chi connectivity index (χ4v) is 3.50. The SMILES string of the molecule is C[C@@H](NC(=O)N1CCC[C@@H]1c1ccsc1)c1ccccn1. The van der Waals surface area contributed by atoms with Gasteiger partial charge in [-0.05, 0) is 54.3 Å². The molecule has 2 aromatic rings. The van der Waals surface area contributed by atoms with E-state index in [9.17, 15) is 4.79 Å². The third-order valence-electron chi connectivity index (χ3n) is 3.91. The number of nitrogens with zero attached hydrogens (tertiary/aromatic N) is 2. The predicted octanol–water partition coefficient (Wildman–Crippen LogP) is 3.75. The van der Waals surface area contributed by atoms with Crippen LogP contribution >= 0.6 is 11.3 Å². The molecule has 0 saturated carbocycles. The van der Waals surface area contributed by atoms with Crippen LogP contribution in [-0.2, 0) is 0 Å². The van der Waals surface area contributed by atoms with E-state index in [1.165, 1.54) is 5.56 Å². The van der Waals surface area contributed by atoms with Crippen molar-refractivity contribution in [2.24, 2.45) is 0 Å². The average molecular weight is 301 g/mol. The van der Waals surface area contributed by atoms with Crippen molar-refractivity contribution >= 4 is 17.4 Å². The third-order valence-corrected chi connectivity index (χ3v) is 4.61. The number of nitrogens with one attached hydrogen (secondary N) is 1. The monoisotopic (exact) mass is 301 g/mol. The highest BCUT2D eigenvalue weighted by molar-refractivity contribution is 7.07. The Morgan fingerprint density at radius 2 is 2.38 bits per heavy atom. The van der Waals surface area contributed by atoms with E-state index in [1.807, 2.05) is 30.0 Å². The Bertz CT molecular complexity index is 585. The van der Waals surface area contributed by atoms with E-state index in [0.29, 0.717) is 0 Å². The molecule has 1 aliphatic heterocycles. The van der Waals surface area contributed by atoms with Crippen molar-refractivity contribution in [3.8, 4) is 0 Å². The van der Waals surface area contributed by atoms with Crippen LogP contribution in [0.5, 0.6) is 0 Å². The number of urea groups is 1. The maximum atomic E-state index is 12.5. The second kappa shape index (κ2) is 6.26. The predicted molar refractivity (Wildman–Crippen MR) is 84.2 cm³/mol. The fraction of sp³-hybridized carbons (Fsp3) is 0.375. The average Bonchev–Trinajstić information content (AvgIpc) is 3.18. The molecule has 1 aliphatic rings. The molecule has 2 atom stereocenters. The van der Waals surface area contributed by atoms with Gasteiger partial charge < -0.3 is 10.2 Å². The molecule has 2 aromatic heterocycles. The van der Waals surface area contributed by atoms with Crippen LogP contribution in [0.15, 0.2) is 41.2 Å². The van der Waals surface area contributed by atoms with Crippen molar-refractivity contribution < 1.29 is 4.79 Å². The highest BCUT2D eigenvalue weighted by Crippen LogP contribution is 2.33. The van der Waals surface area contributed by atoms with Crippen molar-refractivity contribution in [2.45, 2.75) is 31.8 Å². The highest BCUT2D eigenvalue weighted by Gasteiger charge is 2.30. The van der Waals surface area contributed by atoms with Gasteiger partial charge in [-0.3, -0.25) is 4.98 Å². The molecule has 110 valence electrons. The maximum absolute atomic E-state index is 12.5. The van der Waals surface area contributed by atoms with Crippen LogP contribution in [0.2, 0.25) is 0 Å². The zero-order valence-corrected chi connectivity index (χ0v) is 12.8. The van der Waals surface area contributed by atoms with Crippen molar-refractivity contribution in [2.75, 3.05) is 6.54 Å². The lowest BCUT2D eigenvalue weighted by molar-refractivity contribution is 0.189. The van der Waals surface area contributed by atoms with Gasteiger partial charge in [0.2, 0.25) is 0 Å². The summed E-state index contributed by atoms with van der Waals surface area (Å²) in [6, 6.07) is 8.01. The number of pyridine rings is 1. The summed E-state index contributed by atoms with van der Waals surface area (Å²) in [5, 5.41) is 7.26.